The number of hydrogen-bond donors (Lipinski definition) is 0. The second kappa shape index (κ2) is 6.35. The third-order valence-electron chi connectivity index (χ3n) is 3.52. The third kappa shape index (κ3) is 3.33. The Bertz CT molecular complexity index is 493. The predicted molar refractivity (Wildman–Crippen MR) is 71.8 cm³/mol. The van der Waals surface area contributed by atoms with E-state index in [1.807, 2.05) is 18.2 Å². The number of rotatable bonds is 4. The fraction of sp³-hybridized carbons (Fsp3) is 0.467. The zero-order chi connectivity index (χ0) is 13.7. The van der Waals surface area contributed by atoms with Gasteiger partial charge in [0.2, 0.25) is 0 Å². The van der Waals surface area contributed by atoms with Crippen molar-refractivity contribution in [2.45, 2.75) is 19.4 Å². The molecule has 1 aromatic carbocycles. The van der Waals surface area contributed by atoms with Crippen LogP contribution in [0.3, 0.4) is 0 Å². The van der Waals surface area contributed by atoms with Crippen molar-refractivity contribution in [3.63, 3.8) is 0 Å². The Morgan fingerprint density at radius 2 is 2.42 bits per heavy atom. The molecule has 0 spiro atoms. The summed E-state index contributed by atoms with van der Waals surface area (Å²) in [6.45, 7) is 2.61. The van der Waals surface area contributed by atoms with Gasteiger partial charge in [0.25, 0.3) is 0 Å². The molecule has 0 aliphatic carbocycles. The van der Waals surface area contributed by atoms with Gasteiger partial charge in [-0.05, 0) is 37.1 Å². The Hall–Kier alpha value is -1.86. The molecule has 1 aliphatic heterocycles. The molecule has 4 nitrogen and oxygen atoms in total. The van der Waals surface area contributed by atoms with Gasteiger partial charge in [-0.3, -0.25) is 4.90 Å². The molecular weight excluding hydrogens is 240 g/mol. The Morgan fingerprint density at radius 1 is 1.58 bits per heavy atom. The largest absolute Gasteiger partial charge is 0.495 e. The third-order valence-corrected chi connectivity index (χ3v) is 3.52. The van der Waals surface area contributed by atoms with Crippen molar-refractivity contribution in [1.82, 2.24) is 4.90 Å². The van der Waals surface area contributed by atoms with Gasteiger partial charge in [0, 0.05) is 19.0 Å². The molecule has 100 valence electrons. The predicted octanol–water partition coefficient (Wildman–Crippen LogP) is 1.98. The highest BCUT2D eigenvalue weighted by molar-refractivity contribution is 5.54. The van der Waals surface area contributed by atoms with E-state index in [0.29, 0.717) is 11.3 Å². The van der Waals surface area contributed by atoms with Crippen molar-refractivity contribution in [2.75, 3.05) is 20.2 Å². The van der Waals surface area contributed by atoms with E-state index in [1.54, 1.807) is 7.11 Å². The van der Waals surface area contributed by atoms with Crippen LogP contribution in [0.15, 0.2) is 18.2 Å². The molecule has 1 atom stereocenters. The Kier molecular flexibility index (Phi) is 4.53. The smallest absolute Gasteiger partial charge is 0.136 e. The summed E-state index contributed by atoms with van der Waals surface area (Å²) in [5.41, 5.74) is 1.65. The van der Waals surface area contributed by atoms with Gasteiger partial charge in [-0.15, -0.1) is 0 Å². The Morgan fingerprint density at radius 3 is 3.11 bits per heavy atom. The molecule has 1 heterocycles. The maximum absolute atomic E-state index is 10.9. The summed E-state index contributed by atoms with van der Waals surface area (Å²) in [5.74, 6) is 0.762. The molecule has 1 saturated heterocycles. The van der Waals surface area contributed by atoms with Crippen molar-refractivity contribution < 1.29 is 9.53 Å². The second-order valence-corrected chi connectivity index (χ2v) is 4.92. The number of hydrogen-bond acceptors (Lipinski definition) is 4. The van der Waals surface area contributed by atoms with Crippen molar-refractivity contribution in [3.8, 4) is 11.8 Å². The lowest BCUT2D eigenvalue weighted by Crippen LogP contribution is -2.35. The number of methoxy groups -OCH3 is 1. The van der Waals surface area contributed by atoms with Crippen molar-refractivity contribution in [3.05, 3.63) is 29.3 Å². The van der Waals surface area contributed by atoms with Crippen molar-refractivity contribution in [2.24, 2.45) is 5.92 Å². The summed E-state index contributed by atoms with van der Waals surface area (Å²) in [6, 6.07) is 7.81. The molecule has 4 heteroatoms. The highest BCUT2D eigenvalue weighted by Crippen LogP contribution is 2.21. The lowest BCUT2D eigenvalue weighted by molar-refractivity contribution is -0.112. The number of benzene rings is 1. The average Bonchev–Trinajstić information content (AvgIpc) is 2.47. The number of nitrogens with zero attached hydrogens (tertiary/aromatic N) is 2. The first-order chi connectivity index (χ1) is 9.26. The summed E-state index contributed by atoms with van der Waals surface area (Å²) in [4.78, 5) is 13.1. The molecule has 0 radical (unpaired) electrons. The number of ether oxygens (including phenoxy) is 1. The van der Waals surface area contributed by atoms with Crippen LogP contribution >= 0.6 is 0 Å². The summed E-state index contributed by atoms with van der Waals surface area (Å²) < 4.78 is 5.13. The minimum absolute atomic E-state index is 0.155. The van der Waals surface area contributed by atoms with Crippen LogP contribution in [0.25, 0.3) is 0 Å². The molecule has 0 N–H and O–H groups in total. The van der Waals surface area contributed by atoms with Crippen LogP contribution in [0.1, 0.15) is 24.0 Å². The van der Waals surface area contributed by atoms with E-state index in [2.05, 4.69) is 11.0 Å². The number of aldehydes is 1. The Labute approximate surface area is 113 Å². The van der Waals surface area contributed by atoms with Crippen LogP contribution in [-0.4, -0.2) is 31.4 Å². The van der Waals surface area contributed by atoms with Crippen LogP contribution in [0.4, 0.5) is 0 Å². The first-order valence-corrected chi connectivity index (χ1v) is 6.51. The minimum Gasteiger partial charge on any atom is -0.495 e. The molecule has 0 saturated carbocycles. The molecular formula is C15H18N2O2. The number of nitriles is 1. The molecule has 2 rings (SSSR count). The van der Waals surface area contributed by atoms with E-state index in [-0.39, 0.29) is 5.92 Å². The first kappa shape index (κ1) is 13.6. The van der Waals surface area contributed by atoms with E-state index in [9.17, 15) is 4.79 Å². The number of likely N-dealkylation sites (tertiary alicyclic amines) is 1. The van der Waals surface area contributed by atoms with Gasteiger partial charge >= 0.3 is 0 Å². The standard InChI is InChI=1S/C15H18N2O2/c1-19-15-5-4-12(7-14(15)8-16)9-17-6-2-3-13(10-17)11-18/h4-5,7,11,13H,2-3,6,9-10H2,1H3. The fourth-order valence-corrected chi connectivity index (χ4v) is 2.55. The lowest BCUT2D eigenvalue weighted by Gasteiger charge is -2.30. The van der Waals surface area contributed by atoms with Gasteiger partial charge in [0.05, 0.1) is 12.7 Å². The van der Waals surface area contributed by atoms with E-state index >= 15 is 0 Å². The summed E-state index contributed by atoms with van der Waals surface area (Å²) in [5, 5.41) is 9.07. The maximum atomic E-state index is 10.9. The molecule has 0 amide bonds. The SMILES string of the molecule is COc1ccc(CN2CCCC(C=O)C2)cc1C#N. The van der Waals surface area contributed by atoms with Crippen molar-refractivity contribution >= 4 is 6.29 Å². The monoisotopic (exact) mass is 258 g/mol. The summed E-state index contributed by atoms with van der Waals surface area (Å²) in [7, 11) is 1.56. The molecule has 19 heavy (non-hydrogen) atoms. The quantitative estimate of drug-likeness (QED) is 0.775. The maximum Gasteiger partial charge on any atom is 0.136 e. The second-order valence-electron chi connectivity index (χ2n) is 4.92. The molecule has 0 bridgehead atoms. The van der Waals surface area contributed by atoms with E-state index < -0.39 is 0 Å². The van der Waals surface area contributed by atoms with Crippen LogP contribution in [0.5, 0.6) is 5.75 Å². The van der Waals surface area contributed by atoms with E-state index in [0.717, 1.165) is 44.3 Å². The topological polar surface area (TPSA) is 53.3 Å². The van der Waals surface area contributed by atoms with Gasteiger partial charge in [-0.25, -0.2) is 0 Å². The molecule has 0 aromatic heterocycles. The molecule has 1 unspecified atom stereocenters. The first-order valence-electron chi connectivity index (χ1n) is 6.51. The van der Waals surface area contributed by atoms with Crippen molar-refractivity contribution in [1.29, 1.82) is 5.26 Å². The lowest BCUT2D eigenvalue weighted by atomic mass is 9.99. The molecule has 1 aliphatic rings. The van der Waals surface area contributed by atoms with Gasteiger partial charge in [-0.2, -0.15) is 5.26 Å². The molecule has 1 aromatic rings. The van der Waals surface area contributed by atoms with Crippen LogP contribution in [0.2, 0.25) is 0 Å². The van der Waals surface area contributed by atoms with E-state index in [4.69, 9.17) is 10.00 Å². The Balaban J connectivity index is 2.07. The van der Waals surface area contributed by atoms with Crippen LogP contribution in [0, 0.1) is 17.2 Å². The molecule has 1 fully saturated rings. The van der Waals surface area contributed by atoms with Crippen LogP contribution < -0.4 is 4.74 Å². The van der Waals surface area contributed by atoms with Gasteiger partial charge < -0.3 is 9.53 Å². The fourth-order valence-electron chi connectivity index (χ4n) is 2.55. The summed E-state index contributed by atoms with van der Waals surface area (Å²) in [6.07, 6.45) is 3.11. The zero-order valence-electron chi connectivity index (χ0n) is 11.1. The number of piperidine rings is 1. The highest BCUT2D eigenvalue weighted by Gasteiger charge is 2.19. The zero-order valence-corrected chi connectivity index (χ0v) is 11.1. The van der Waals surface area contributed by atoms with Gasteiger partial charge in [-0.1, -0.05) is 6.07 Å². The van der Waals surface area contributed by atoms with Crippen LogP contribution in [-0.2, 0) is 11.3 Å². The average molecular weight is 258 g/mol. The van der Waals surface area contributed by atoms with Gasteiger partial charge in [0.1, 0.15) is 18.1 Å². The number of carbonyl (C=O) groups is 1. The van der Waals surface area contributed by atoms with E-state index in [1.165, 1.54) is 0 Å². The summed E-state index contributed by atoms with van der Waals surface area (Å²) >= 11 is 0. The number of carbonyl (C=O) groups excluding carboxylic acids is 1. The normalized spacial score (nSPS) is 19.7. The highest BCUT2D eigenvalue weighted by atomic mass is 16.5. The van der Waals surface area contributed by atoms with Gasteiger partial charge in [0.15, 0.2) is 0 Å². The minimum atomic E-state index is 0.155.